The first-order valence-corrected chi connectivity index (χ1v) is 12.0. The molecule has 1 nitrogen and oxygen atoms in total. The lowest BCUT2D eigenvalue weighted by Crippen LogP contribution is -2.48. The third kappa shape index (κ3) is 2.82. The lowest BCUT2D eigenvalue weighted by Gasteiger charge is -2.17. The maximum atomic E-state index is 6.58. The van der Waals surface area contributed by atoms with Gasteiger partial charge in [0.1, 0.15) is 54.9 Å². The van der Waals surface area contributed by atoms with E-state index in [4.69, 9.17) is 54.9 Å². The van der Waals surface area contributed by atoms with Crippen LogP contribution in [-0.2, 0) is 0 Å². The number of nitrogens with zero attached hydrogens (tertiary/aromatic N) is 1. The summed E-state index contributed by atoms with van der Waals surface area (Å²) in [6.45, 7) is 0. The molecule has 6 aromatic rings. The van der Waals surface area contributed by atoms with Gasteiger partial charge in [-0.15, -0.1) is 22.3 Å². The van der Waals surface area contributed by atoms with E-state index in [2.05, 4.69) is 40.2 Å². The van der Waals surface area contributed by atoms with Crippen LogP contribution in [0.4, 0.5) is 0 Å². The molecule has 0 saturated carbocycles. The normalized spacial score (nSPS) is 11.9. The summed E-state index contributed by atoms with van der Waals surface area (Å²) < 4.78 is 4.78. The monoisotopic (exact) mass is 497 g/mol. The summed E-state index contributed by atoms with van der Waals surface area (Å²) in [5.41, 5.74) is 4.05. The van der Waals surface area contributed by atoms with Gasteiger partial charge in [-0.1, -0.05) is 61.4 Å². The van der Waals surface area contributed by atoms with Crippen molar-refractivity contribution in [1.82, 2.24) is 4.57 Å². The molecule has 0 saturated heterocycles. The van der Waals surface area contributed by atoms with Gasteiger partial charge in [0.15, 0.2) is 0 Å². The Morgan fingerprint density at radius 3 is 1.91 bits per heavy atom. The minimum Gasteiger partial charge on any atom is -0.311 e. The van der Waals surface area contributed by atoms with E-state index in [1.807, 2.05) is 22.8 Å². The molecule has 0 N–H and O–H groups in total. The quantitative estimate of drug-likeness (QED) is 0.270. The van der Waals surface area contributed by atoms with Crippen LogP contribution in [0.2, 0.25) is 0 Å². The van der Waals surface area contributed by atoms with Gasteiger partial charge in [-0.05, 0) is 29.7 Å². The van der Waals surface area contributed by atoms with E-state index >= 15 is 0 Å². The van der Waals surface area contributed by atoms with E-state index in [-0.39, 0.29) is 16.4 Å². The van der Waals surface area contributed by atoms with Crippen LogP contribution >= 0.6 is 27.3 Å². The largest absolute Gasteiger partial charge is 0.311 e. The Hall–Kier alpha value is -2.17. The van der Waals surface area contributed by atoms with Crippen LogP contribution in [0.3, 0.4) is 0 Å². The topological polar surface area (TPSA) is 4.93 Å². The van der Waals surface area contributed by atoms with E-state index < -0.39 is 0 Å². The van der Waals surface area contributed by atoms with E-state index in [0.717, 1.165) is 21.2 Å². The Morgan fingerprint density at radius 2 is 1.18 bits per heavy atom. The Bertz CT molecular complexity index is 1780. The van der Waals surface area contributed by atoms with Crippen LogP contribution in [0.1, 0.15) is 0 Å². The molecule has 142 valence electrons. The molecule has 0 spiro atoms. The van der Waals surface area contributed by atoms with Gasteiger partial charge in [0, 0.05) is 46.8 Å². The van der Waals surface area contributed by atoms with Crippen LogP contribution in [0, 0.1) is 0 Å². The van der Waals surface area contributed by atoms with Crippen molar-refractivity contribution < 1.29 is 0 Å². The smallest absolute Gasteiger partial charge is 0.116 e. The van der Waals surface area contributed by atoms with Crippen molar-refractivity contribution in [2.45, 2.75) is 0 Å². The Balaban J connectivity index is 1.89. The van der Waals surface area contributed by atoms with Crippen molar-refractivity contribution in [3.05, 3.63) is 46.9 Å². The number of hydrogen-bond acceptors (Lipinski definition) is 1. The molecule has 0 unspecified atom stereocenters. The van der Waals surface area contributed by atoms with Gasteiger partial charge in [-0.25, -0.2) is 0 Å². The van der Waals surface area contributed by atoms with Gasteiger partial charge in [0.05, 0.1) is 0 Å². The van der Waals surface area contributed by atoms with Crippen LogP contribution in [0.5, 0.6) is 0 Å². The standard InChI is InChI=1S/C24H7B7BrNS/c25-15-13-14-16(26)22(32)19(29)21(31)24(14)33(23(13)20(30)18(28)17(15)27)8-5-6-12-10(7-8)9-3-1-2-4-11(9)34-12/h1-7H. The van der Waals surface area contributed by atoms with Gasteiger partial charge < -0.3 is 4.57 Å². The molecule has 4 aromatic carbocycles. The van der Waals surface area contributed by atoms with Crippen molar-refractivity contribution in [3.63, 3.8) is 0 Å². The SMILES string of the molecule is [B]c1c([B])c([B])c2c(c1[B])c1c([B])c(Br)c([B])c([B])c1n2-c1ccc2sc3ccccc3c2c1. The van der Waals surface area contributed by atoms with Gasteiger partial charge in [-0.2, -0.15) is 0 Å². The summed E-state index contributed by atoms with van der Waals surface area (Å²) in [4.78, 5) is 0. The molecule has 0 bridgehead atoms. The fourth-order valence-electron chi connectivity index (χ4n) is 4.77. The summed E-state index contributed by atoms with van der Waals surface area (Å²) in [5.74, 6) is 0. The van der Waals surface area contributed by atoms with Crippen molar-refractivity contribution >= 4 is 162 Å². The summed E-state index contributed by atoms with van der Waals surface area (Å²) in [6, 6.07) is 14.5. The second-order valence-corrected chi connectivity index (χ2v) is 10.1. The number of benzene rings is 4. The number of halogens is 1. The highest BCUT2D eigenvalue weighted by Gasteiger charge is 2.23. The molecule has 0 aliphatic rings. The third-order valence-corrected chi connectivity index (χ3v) is 8.48. The predicted octanol–water partition coefficient (Wildman–Crippen LogP) is -0.529. The number of thiophene rings is 1. The molecule has 0 aliphatic carbocycles. The average molecular weight is 497 g/mol. The molecule has 0 atom stereocenters. The zero-order valence-electron chi connectivity index (χ0n) is 17.8. The van der Waals surface area contributed by atoms with Crippen LogP contribution in [0.15, 0.2) is 46.9 Å². The molecule has 2 aromatic heterocycles. The van der Waals surface area contributed by atoms with Gasteiger partial charge >= 0.3 is 0 Å². The first-order chi connectivity index (χ1) is 16.2. The number of fused-ring (bicyclic) bond motifs is 6. The lowest BCUT2D eigenvalue weighted by molar-refractivity contribution is 1.20. The molecule has 10 heteroatoms. The number of aromatic nitrogens is 1. The molecule has 0 aliphatic heterocycles. The highest BCUT2D eigenvalue weighted by molar-refractivity contribution is 9.10. The van der Waals surface area contributed by atoms with Crippen LogP contribution in [-0.4, -0.2) is 59.5 Å². The second kappa shape index (κ2) is 7.67. The van der Waals surface area contributed by atoms with E-state index in [1.54, 1.807) is 11.3 Å². The third-order valence-electron chi connectivity index (χ3n) is 6.47. The van der Waals surface area contributed by atoms with Crippen molar-refractivity contribution in [3.8, 4) is 5.69 Å². The van der Waals surface area contributed by atoms with Gasteiger partial charge in [0.2, 0.25) is 0 Å². The minimum absolute atomic E-state index is 0.203. The molecular formula is C24H7B7BrNS. The highest BCUT2D eigenvalue weighted by Crippen LogP contribution is 2.36. The summed E-state index contributed by atoms with van der Waals surface area (Å²) >= 11 is 5.20. The molecule has 14 radical (unpaired) electrons. The zero-order valence-corrected chi connectivity index (χ0v) is 20.2. The van der Waals surface area contributed by atoms with Crippen molar-refractivity contribution in [2.75, 3.05) is 0 Å². The maximum Gasteiger partial charge on any atom is 0.116 e. The fraction of sp³-hybridized carbons (Fsp3) is 0. The number of rotatable bonds is 1. The number of hydrogen-bond donors (Lipinski definition) is 0. The lowest BCUT2D eigenvalue weighted by atomic mass is 9.65. The average Bonchev–Trinajstić information content (AvgIpc) is 3.39. The predicted molar refractivity (Wildman–Crippen MR) is 159 cm³/mol. The van der Waals surface area contributed by atoms with Crippen LogP contribution < -0.4 is 38.2 Å². The summed E-state index contributed by atoms with van der Waals surface area (Å²) in [5, 5.41) is 3.47. The Morgan fingerprint density at radius 1 is 0.588 bits per heavy atom. The Labute approximate surface area is 218 Å². The molecule has 6 rings (SSSR count). The summed E-state index contributed by atoms with van der Waals surface area (Å²) in [6.07, 6.45) is 0. The maximum absolute atomic E-state index is 6.58. The fourth-order valence-corrected chi connectivity index (χ4v) is 6.27. The van der Waals surface area contributed by atoms with E-state index in [1.165, 1.54) is 4.70 Å². The first-order valence-electron chi connectivity index (χ1n) is 10.4. The molecule has 2 heterocycles. The van der Waals surface area contributed by atoms with E-state index in [0.29, 0.717) is 48.1 Å². The zero-order chi connectivity index (χ0) is 24.0. The first kappa shape index (κ1) is 22.3. The highest BCUT2D eigenvalue weighted by atomic mass is 79.9. The van der Waals surface area contributed by atoms with Crippen LogP contribution in [0.25, 0.3) is 47.7 Å². The van der Waals surface area contributed by atoms with Gasteiger partial charge in [0.25, 0.3) is 0 Å². The summed E-state index contributed by atoms with van der Waals surface area (Å²) in [7, 11) is 45.0. The molecule has 0 fully saturated rings. The van der Waals surface area contributed by atoms with Gasteiger partial charge in [-0.3, -0.25) is 0 Å². The van der Waals surface area contributed by atoms with Crippen molar-refractivity contribution in [2.24, 2.45) is 0 Å². The van der Waals surface area contributed by atoms with E-state index in [9.17, 15) is 0 Å². The van der Waals surface area contributed by atoms with Crippen molar-refractivity contribution in [1.29, 1.82) is 0 Å². The minimum atomic E-state index is 0.203. The molecule has 0 amide bonds. The Kier molecular flexibility index (Phi) is 5.03. The molecule has 34 heavy (non-hydrogen) atoms. The molecular weight excluding hydrogens is 490 g/mol. The second-order valence-electron chi connectivity index (χ2n) is 8.27.